The number of carbonyl (C=O) groups excluding carboxylic acids is 1. The molecule has 1 aromatic carbocycles. The SMILES string of the molecule is Cc1nnc(C2CCN(C(=O)CC(c3ccc(C(C)C)cc3)C(C)C)CC2)o1. The van der Waals surface area contributed by atoms with Crippen LogP contribution in [0.15, 0.2) is 28.7 Å². The average Bonchev–Trinajstić information content (AvgIpc) is 3.12. The third-order valence-electron chi connectivity index (χ3n) is 5.97. The molecule has 28 heavy (non-hydrogen) atoms. The number of rotatable bonds is 6. The molecule has 0 radical (unpaired) electrons. The lowest BCUT2D eigenvalue weighted by molar-refractivity contribution is -0.133. The van der Waals surface area contributed by atoms with E-state index >= 15 is 0 Å². The van der Waals surface area contributed by atoms with Gasteiger partial charge in [0.1, 0.15) is 0 Å². The number of hydrogen-bond donors (Lipinski definition) is 0. The van der Waals surface area contributed by atoms with Gasteiger partial charge in [-0.15, -0.1) is 10.2 Å². The molecule has 5 heteroatoms. The van der Waals surface area contributed by atoms with Crippen molar-refractivity contribution < 1.29 is 9.21 Å². The van der Waals surface area contributed by atoms with Crippen LogP contribution in [0.5, 0.6) is 0 Å². The van der Waals surface area contributed by atoms with Gasteiger partial charge in [-0.1, -0.05) is 52.0 Å². The topological polar surface area (TPSA) is 59.2 Å². The molecule has 1 amide bonds. The highest BCUT2D eigenvalue weighted by Gasteiger charge is 2.29. The number of amides is 1. The van der Waals surface area contributed by atoms with Crippen LogP contribution in [0.2, 0.25) is 0 Å². The van der Waals surface area contributed by atoms with Gasteiger partial charge < -0.3 is 9.32 Å². The molecule has 1 fully saturated rings. The van der Waals surface area contributed by atoms with E-state index in [0.29, 0.717) is 24.1 Å². The molecule has 1 aliphatic heterocycles. The molecule has 0 saturated carbocycles. The van der Waals surface area contributed by atoms with Crippen LogP contribution < -0.4 is 0 Å². The second kappa shape index (κ2) is 8.89. The summed E-state index contributed by atoms with van der Waals surface area (Å²) >= 11 is 0. The van der Waals surface area contributed by atoms with E-state index in [0.717, 1.165) is 31.8 Å². The molecule has 0 N–H and O–H groups in total. The van der Waals surface area contributed by atoms with Crippen molar-refractivity contribution in [2.24, 2.45) is 5.92 Å². The molecule has 0 aliphatic carbocycles. The van der Waals surface area contributed by atoms with Crippen LogP contribution in [0, 0.1) is 12.8 Å². The Kier molecular flexibility index (Phi) is 6.53. The summed E-state index contributed by atoms with van der Waals surface area (Å²) in [7, 11) is 0. The lowest BCUT2D eigenvalue weighted by atomic mass is 9.84. The van der Waals surface area contributed by atoms with E-state index < -0.39 is 0 Å². The minimum atomic E-state index is 0.255. The summed E-state index contributed by atoms with van der Waals surface area (Å²) in [5.41, 5.74) is 2.61. The summed E-state index contributed by atoms with van der Waals surface area (Å²) in [6.07, 6.45) is 2.36. The van der Waals surface area contributed by atoms with E-state index in [-0.39, 0.29) is 17.7 Å². The third kappa shape index (κ3) is 4.81. The van der Waals surface area contributed by atoms with Gasteiger partial charge >= 0.3 is 0 Å². The maximum Gasteiger partial charge on any atom is 0.223 e. The van der Waals surface area contributed by atoms with Gasteiger partial charge in [0, 0.05) is 32.4 Å². The maximum atomic E-state index is 13.0. The number of benzene rings is 1. The Morgan fingerprint density at radius 2 is 1.68 bits per heavy atom. The van der Waals surface area contributed by atoms with Crippen LogP contribution in [0.25, 0.3) is 0 Å². The van der Waals surface area contributed by atoms with Gasteiger partial charge in [0.15, 0.2) is 0 Å². The van der Waals surface area contributed by atoms with Gasteiger partial charge in [-0.2, -0.15) is 0 Å². The van der Waals surface area contributed by atoms with Crippen LogP contribution in [-0.4, -0.2) is 34.1 Å². The Bertz CT molecular complexity index is 771. The van der Waals surface area contributed by atoms with Crippen molar-refractivity contribution in [3.05, 3.63) is 47.2 Å². The monoisotopic (exact) mass is 383 g/mol. The smallest absolute Gasteiger partial charge is 0.223 e. The van der Waals surface area contributed by atoms with E-state index in [1.165, 1.54) is 11.1 Å². The quantitative estimate of drug-likeness (QED) is 0.701. The molecule has 1 aliphatic rings. The van der Waals surface area contributed by atoms with Crippen molar-refractivity contribution in [3.63, 3.8) is 0 Å². The summed E-state index contributed by atoms with van der Waals surface area (Å²) in [4.78, 5) is 15.0. The van der Waals surface area contributed by atoms with Gasteiger partial charge in [0.2, 0.25) is 17.7 Å². The highest BCUT2D eigenvalue weighted by molar-refractivity contribution is 5.77. The zero-order chi connectivity index (χ0) is 20.3. The first-order valence-corrected chi connectivity index (χ1v) is 10.5. The first-order chi connectivity index (χ1) is 13.3. The van der Waals surface area contributed by atoms with E-state index in [1.54, 1.807) is 0 Å². The van der Waals surface area contributed by atoms with E-state index in [9.17, 15) is 4.79 Å². The highest BCUT2D eigenvalue weighted by Crippen LogP contribution is 2.32. The Balaban J connectivity index is 1.60. The largest absolute Gasteiger partial charge is 0.425 e. The first kappa shape index (κ1) is 20.6. The first-order valence-electron chi connectivity index (χ1n) is 10.5. The fourth-order valence-electron chi connectivity index (χ4n) is 4.04. The number of likely N-dealkylation sites (tertiary alicyclic amines) is 1. The van der Waals surface area contributed by atoms with Crippen LogP contribution in [0.3, 0.4) is 0 Å². The second-order valence-corrected chi connectivity index (χ2v) is 8.69. The fourth-order valence-corrected chi connectivity index (χ4v) is 4.04. The Morgan fingerprint density at radius 3 is 2.18 bits per heavy atom. The molecular formula is C23H33N3O2. The Hall–Kier alpha value is -2.17. The van der Waals surface area contributed by atoms with Gasteiger partial charge in [-0.05, 0) is 41.7 Å². The molecular weight excluding hydrogens is 350 g/mol. The standard InChI is InChI=1S/C23H33N3O2/c1-15(2)18-6-8-19(9-7-18)21(16(3)4)14-22(27)26-12-10-20(11-13-26)23-25-24-17(5)28-23/h6-9,15-16,20-21H,10-14H2,1-5H3. The van der Waals surface area contributed by atoms with Gasteiger partial charge in [0.05, 0.1) is 0 Å². The highest BCUT2D eigenvalue weighted by atomic mass is 16.4. The van der Waals surface area contributed by atoms with Crippen molar-refractivity contribution in [2.75, 3.05) is 13.1 Å². The third-order valence-corrected chi connectivity index (χ3v) is 5.97. The number of piperidine rings is 1. The fraction of sp³-hybridized carbons (Fsp3) is 0.609. The van der Waals surface area contributed by atoms with E-state index in [2.05, 4.69) is 62.2 Å². The molecule has 1 unspecified atom stereocenters. The summed E-state index contributed by atoms with van der Waals surface area (Å²) in [5, 5.41) is 8.08. The number of nitrogens with zero attached hydrogens (tertiary/aromatic N) is 3. The number of carbonyl (C=O) groups is 1. The van der Waals surface area contributed by atoms with Gasteiger partial charge in [-0.25, -0.2) is 0 Å². The second-order valence-electron chi connectivity index (χ2n) is 8.69. The summed E-state index contributed by atoms with van der Waals surface area (Å²) < 4.78 is 5.57. The number of aryl methyl sites for hydroxylation is 1. The molecule has 2 aromatic rings. The van der Waals surface area contributed by atoms with Crippen molar-refractivity contribution in [3.8, 4) is 0 Å². The van der Waals surface area contributed by atoms with E-state index in [1.807, 2.05) is 11.8 Å². The molecule has 5 nitrogen and oxygen atoms in total. The molecule has 0 bridgehead atoms. The van der Waals surface area contributed by atoms with Crippen LogP contribution >= 0.6 is 0 Å². The molecule has 1 saturated heterocycles. The summed E-state index contributed by atoms with van der Waals surface area (Å²) in [6, 6.07) is 8.82. The minimum Gasteiger partial charge on any atom is -0.425 e. The van der Waals surface area contributed by atoms with Crippen molar-refractivity contribution >= 4 is 5.91 Å². The minimum absolute atomic E-state index is 0.255. The van der Waals surface area contributed by atoms with Crippen molar-refractivity contribution in [2.45, 2.75) is 71.6 Å². The molecule has 2 heterocycles. The predicted octanol–water partition coefficient (Wildman–Crippen LogP) is 5.04. The van der Waals surface area contributed by atoms with Gasteiger partial charge in [0.25, 0.3) is 0 Å². The molecule has 152 valence electrons. The zero-order valence-electron chi connectivity index (χ0n) is 17.8. The van der Waals surface area contributed by atoms with Crippen LogP contribution in [-0.2, 0) is 4.79 Å². The van der Waals surface area contributed by atoms with E-state index in [4.69, 9.17) is 4.42 Å². The molecule has 1 aromatic heterocycles. The predicted molar refractivity (Wildman–Crippen MR) is 110 cm³/mol. The average molecular weight is 384 g/mol. The molecule has 0 spiro atoms. The lowest BCUT2D eigenvalue weighted by Crippen LogP contribution is -2.38. The zero-order valence-corrected chi connectivity index (χ0v) is 17.8. The van der Waals surface area contributed by atoms with Crippen LogP contribution in [0.4, 0.5) is 0 Å². The van der Waals surface area contributed by atoms with Crippen molar-refractivity contribution in [1.82, 2.24) is 15.1 Å². The molecule has 3 rings (SSSR count). The summed E-state index contributed by atoms with van der Waals surface area (Å²) in [5.74, 6) is 3.06. The Labute approximate surface area is 168 Å². The Morgan fingerprint density at radius 1 is 1.07 bits per heavy atom. The molecule has 1 atom stereocenters. The summed E-state index contributed by atoms with van der Waals surface area (Å²) in [6.45, 7) is 12.2. The normalized spacial score (nSPS) is 16.8. The van der Waals surface area contributed by atoms with Gasteiger partial charge in [-0.3, -0.25) is 4.79 Å². The lowest BCUT2D eigenvalue weighted by Gasteiger charge is -2.32. The maximum absolute atomic E-state index is 13.0. The number of hydrogen-bond acceptors (Lipinski definition) is 4. The van der Waals surface area contributed by atoms with Crippen molar-refractivity contribution in [1.29, 1.82) is 0 Å². The number of aromatic nitrogens is 2. The van der Waals surface area contributed by atoms with Crippen LogP contribution in [0.1, 0.15) is 87.6 Å².